The SMILES string of the molecule is CC(=O)N[C@@H](C(=O)Nc1cccc(OC2CCCC2)c1)C1CCCC1. The predicted octanol–water partition coefficient (Wildman–Crippen LogP) is 3.64. The van der Waals surface area contributed by atoms with Crippen LogP contribution in [0.4, 0.5) is 5.69 Å². The molecular formula is C20H28N2O3. The third kappa shape index (κ3) is 4.97. The summed E-state index contributed by atoms with van der Waals surface area (Å²) < 4.78 is 6.00. The maximum atomic E-state index is 12.7. The summed E-state index contributed by atoms with van der Waals surface area (Å²) in [7, 11) is 0. The van der Waals surface area contributed by atoms with Gasteiger partial charge >= 0.3 is 0 Å². The van der Waals surface area contributed by atoms with Crippen LogP contribution in [0.25, 0.3) is 0 Å². The maximum Gasteiger partial charge on any atom is 0.247 e. The van der Waals surface area contributed by atoms with E-state index in [-0.39, 0.29) is 23.8 Å². The quantitative estimate of drug-likeness (QED) is 0.828. The minimum absolute atomic E-state index is 0.139. The molecule has 0 aromatic heterocycles. The third-order valence-corrected chi connectivity index (χ3v) is 5.22. The highest BCUT2D eigenvalue weighted by atomic mass is 16.5. The van der Waals surface area contributed by atoms with Crippen molar-refractivity contribution >= 4 is 17.5 Å². The molecule has 1 atom stereocenters. The predicted molar refractivity (Wildman–Crippen MR) is 97.5 cm³/mol. The Bertz CT molecular complexity index is 605. The molecule has 2 aliphatic rings. The Labute approximate surface area is 149 Å². The lowest BCUT2D eigenvalue weighted by Crippen LogP contribution is -2.47. The van der Waals surface area contributed by atoms with Gasteiger partial charge < -0.3 is 15.4 Å². The summed E-state index contributed by atoms with van der Waals surface area (Å²) >= 11 is 0. The molecule has 0 aliphatic heterocycles. The van der Waals surface area contributed by atoms with Crippen LogP contribution >= 0.6 is 0 Å². The van der Waals surface area contributed by atoms with Gasteiger partial charge in [0.15, 0.2) is 0 Å². The Morgan fingerprint density at radius 3 is 2.44 bits per heavy atom. The Kier molecular flexibility index (Phi) is 5.95. The highest BCUT2D eigenvalue weighted by Crippen LogP contribution is 2.29. The van der Waals surface area contributed by atoms with E-state index < -0.39 is 6.04 Å². The van der Waals surface area contributed by atoms with Crippen LogP contribution in [0.1, 0.15) is 58.3 Å². The molecule has 25 heavy (non-hydrogen) atoms. The lowest BCUT2D eigenvalue weighted by atomic mass is 9.97. The summed E-state index contributed by atoms with van der Waals surface area (Å²) in [5.74, 6) is 0.717. The number of amides is 2. The van der Waals surface area contributed by atoms with Gasteiger partial charge in [0, 0.05) is 18.7 Å². The number of ether oxygens (including phenoxy) is 1. The molecule has 3 rings (SSSR count). The molecule has 1 aromatic rings. The molecule has 0 saturated heterocycles. The van der Waals surface area contributed by atoms with E-state index in [1.807, 2.05) is 24.3 Å². The van der Waals surface area contributed by atoms with Crippen molar-refractivity contribution in [2.45, 2.75) is 70.4 Å². The van der Waals surface area contributed by atoms with Crippen molar-refractivity contribution in [1.82, 2.24) is 5.32 Å². The first-order chi connectivity index (χ1) is 12.1. The third-order valence-electron chi connectivity index (χ3n) is 5.22. The molecule has 2 amide bonds. The van der Waals surface area contributed by atoms with Gasteiger partial charge in [-0.15, -0.1) is 0 Å². The van der Waals surface area contributed by atoms with Gasteiger partial charge in [-0.05, 0) is 56.6 Å². The van der Waals surface area contributed by atoms with Crippen molar-refractivity contribution in [3.63, 3.8) is 0 Å². The van der Waals surface area contributed by atoms with Crippen LogP contribution in [-0.2, 0) is 9.59 Å². The fraction of sp³-hybridized carbons (Fsp3) is 0.600. The van der Waals surface area contributed by atoms with Crippen LogP contribution in [0.3, 0.4) is 0 Å². The van der Waals surface area contributed by atoms with Gasteiger partial charge in [0.25, 0.3) is 0 Å². The van der Waals surface area contributed by atoms with Crippen LogP contribution < -0.4 is 15.4 Å². The molecule has 5 heteroatoms. The van der Waals surface area contributed by atoms with E-state index in [1.54, 1.807) is 0 Å². The zero-order valence-electron chi connectivity index (χ0n) is 14.9. The smallest absolute Gasteiger partial charge is 0.247 e. The fourth-order valence-corrected chi connectivity index (χ4v) is 3.97. The van der Waals surface area contributed by atoms with E-state index in [0.717, 1.165) is 44.3 Å². The second-order valence-electron chi connectivity index (χ2n) is 7.26. The molecule has 0 unspecified atom stereocenters. The van der Waals surface area contributed by atoms with Gasteiger partial charge in [-0.1, -0.05) is 18.9 Å². The van der Waals surface area contributed by atoms with E-state index in [4.69, 9.17) is 4.74 Å². The maximum absolute atomic E-state index is 12.7. The van der Waals surface area contributed by atoms with Crippen LogP contribution in [0.15, 0.2) is 24.3 Å². The van der Waals surface area contributed by atoms with E-state index in [9.17, 15) is 9.59 Å². The van der Waals surface area contributed by atoms with Crippen molar-refractivity contribution in [3.05, 3.63) is 24.3 Å². The number of hydrogen-bond donors (Lipinski definition) is 2. The van der Waals surface area contributed by atoms with Gasteiger partial charge in [0.2, 0.25) is 11.8 Å². The monoisotopic (exact) mass is 344 g/mol. The molecule has 2 aliphatic carbocycles. The first-order valence-electron chi connectivity index (χ1n) is 9.46. The highest BCUT2D eigenvalue weighted by molar-refractivity contribution is 5.97. The zero-order chi connectivity index (χ0) is 17.6. The first kappa shape index (κ1) is 17.8. The van der Waals surface area contributed by atoms with Gasteiger partial charge in [-0.3, -0.25) is 9.59 Å². The molecule has 136 valence electrons. The Hall–Kier alpha value is -2.04. The number of hydrogen-bond acceptors (Lipinski definition) is 3. The molecule has 0 radical (unpaired) electrons. The Morgan fingerprint density at radius 2 is 1.76 bits per heavy atom. The van der Waals surface area contributed by atoms with Crippen molar-refractivity contribution in [2.75, 3.05) is 5.32 Å². The van der Waals surface area contributed by atoms with E-state index in [0.29, 0.717) is 5.69 Å². The summed E-state index contributed by atoms with van der Waals surface area (Å²) in [5.41, 5.74) is 0.717. The lowest BCUT2D eigenvalue weighted by Gasteiger charge is -2.23. The molecule has 5 nitrogen and oxygen atoms in total. The molecular weight excluding hydrogens is 316 g/mol. The summed E-state index contributed by atoms with van der Waals surface area (Å²) in [5, 5.41) is 5.79. The van der Waals surface area contributed by atoms with Crippen LogP contribution in [0.2, 0.25) is 0 Å². The first-order valence-corrected chi connectivity index (χ1v) is 9.46. The minimum atomic E-state index is -0.459. The number of anilines is 1. The Balaban J connectivity index is 1.64. The van der Waals surface area contributed by atoms with Gasteiger partial charge in [0.1, 0.15) is 11.8 Å². The normalized spacial score (nSPS) is 19.6. The number of benzene rings is 1. The molecule has 2 N–H and O–H groups in total. The summed E-state index contributed by atoms with van der Waals surface area (Å²) in [4.78, 5) is 24.2. The second-order valence-corrected chi connectivity index (χ2v) is 7.26. The number of carbonyl (C=O) groups excluding carboxylic acids is 2. The van der Waals surface area contributed by atoms with Gasteiger partial charge in [0.05, 0.1) is 6.10 Å². The van der Waals surface area contributed by atoms with Gasteiger partial charge in [-0.25, -0.2) is 0 Å². The average Bonchev–Trinajstić information content (AvgIpc) is 3.26. The fourth-order valence-electron chi connectivity index (χ4n) is 3.97. The van der Waals surface area contributed by atoms with E-state index in [1.165, 1.54) is 19.8 Å². The highest BCUT2D eigenvalue weighted by Gasteiger charge is 2.31. The van der Waals surface area contributed by atoms with Crippen molar-refractivity contribution in [3.8, 4) is 5.75 Å². The second kappa shape index (κ2) is 8.37. The van der Waals surface area contributed by atoms with E-state index in [2.05, 4.69) is 10.6 Å². The molecule has 0 spiro atoms. The molecule has 2 saturated carbocycles. The van der Waals surface area contributed by atoms with Crippen LogP contribution in [0.5, 0.6) is 5.75 Å². The zero-order valence-corrected chi connectivity index (χ0v) is 14.9. The largest absolute Gasteiger partial charge is 0.490 e. The summed E-state index contributed by atoms with van der Waals surface area (Å²) in [6.07, 6.45) is 9.16. The number of nitrogens with one attached hydrogen (secondary N) is 2. The molecule has 2 fully saturated rings. The molecule has 1 aromatic carbocycles. The van der Waals surface area contributed by atoms with Crippen molar-refractivity contribution < 1.29 is 14.3 Å². The Morgan fingerprint density at radius 1 is 1.08 bits per heavy atom. The van der Waals surface area contributed by atoms with E-state index >= 15 is 0 Å². The standard InChI is InChI=1S/C20H28N2O3/c1-14(23)21-19(15-7-2-3-8-15)20(24)22-16-9-6-12-18(13-16)25-17-10-4-5-11-17/h6,9,12-13,15,17,19H,2-5,7-8,10-11H2,1H3,(H,21,23)(H,22,24)/t19-/m1/s1. The molecule has 0 bridgehead atoms. The van der Waals surface area contributed by atoms with Crippen molar-refractivity contribution in [2.24, 2.45) is 5.92 Å². The van der Waals surface area contributed by atoms with Crippen LogP contribution in [-0.4, -0.2) is 24.0 Å². The summed E-state index contributed by atoms with van der Waals surface area (Å²) in [6, 6.07) is 7.09. The van der Waals surface area contributed by atoms with Gasteiger partial charge in [-0.2, -0.15) is 0 Å². The van der Waals surface area contributed by atoms with Crippen LogP contribution in [0, 0.1) is 5.92 Å². The van der Waals surface area contributed by atoms with Crippen molar-refractivity contribution in [1.29, 1.82) is 0 Å². The summed E-state index contributed by atoms with van der Waals surface area (Å²) in [6.45, 7) is 1.46. The average molecular weight is 344 g/mol. The lowest BCUT2D eigenvalue weighted by molar-refractivity contribution is -0.126. The minimum Gasteiger partial charge on any atom is -0.490 e. The topological polar surface area (TPSA) is 67.4 Å². The molecule has 0 heterocycles. The number of rotatable bonds is 6. The number of carbonyl (C=O) groups is 2.